The Bertz CT molecular complexity index is 228. The van der Waals surface area contributed by atoms with E-state index in [0.29, 0.717) is 19.1 Å². The minimum Gasteiger partial charge on any atom is -0.394 e. The fraction of sp³-hybridized carbons (Fsp3) is 0.917. The lowest BCUT2D eigenvalue weighted by Gasteiger charge is -2.37. The SMILES string of the molecule is CCC(CC(=N)N)N1CCC(OCCO)CC1. The van der Waals surface area contributed by atoms with Crippen molar-refractivity contribution < 1.29 is 9.84 Å². The summed E-state index contributed by atoms with van der Waals surface area (Å²) in [5, 5.41) is 16.1. The van der Waals surface area contributed by atoms with Crippen LogP contribution in [0.1, 0.15) is 32.6 Å². The van der Waals surface area contributed by atoms with Gasteiger partial charge in [-0.3, -0.25) is 10.3 Å². The average Bonchev–Trinajstić information content (AvgIpc) is 2.34. The summed E-state index contributed by atoms with van der Waals surface area (Å²) < 4.78 is 5.53. The van der Waals surface area contributed by atoms with E-state index in [2.05, 4.69) is 11.8 Å². The van der Waals surface area contributed by atoms with Crippen molar-refractivity contribution in [1.29, 1.82) is 5.41 Å². The van der Waals surface area contributed by atoms with Gasteiger partial charge in [-0.25, -0.2) is 0 Å². The van der Waals surface area contributed by atoms with E-state index in [1.54, 1.807) is 0 Å². The van der Waals surface area contributed by atoms with Crippen LogP contribution in [-0.4, -0.2) is 54.3 Å². The maximum Gasteiger partial charge on any atom is 0.0921 e. The number of rotatable bonds is 7. The summed E-state index contributed by atoms with van der Waals surface area (Å²) in [4.78, 5) is 2.40. The molecule has 100 valence electrons. The van der Waals surface area contributed by atoms with Crippen LogP contribution in [0, 0.1) is 5.41 Å². The summed E-state index contributed by atoms with van der Waals surface area (Å²) in [5.74, 6) is 0.274. The number of hydrogen-bond acceptors (Lipinski definition) is 4. The molecule has 0 amide bonds. The van der Waals surface area contributed by atoms with Crippen LogP contribution in [0.3, 0.4) is 0 Å². The summed E-state index contributed by atoms with van der Waals surface area (Å²) in [6.07, 6.45) is 4.00. The van der Waals surface area contributed by atoms with Crippen molar-refractivity contribution >= 4 is 5.84 Å². The highest BCUT2D eigenvalue weighted by atomic mass is 16.5. The molecule has 0 aromatic carbocycles. The van der Waals surface area contributed by atoms with Crippen molar-refractivity contribution in [3.8, 4) is 0 Å². The molecule has 1 saturated heterocycles. The monoisotopic (exact) mass is 243 g/mol. The van der Waals surface area contributed by atoms with Crippen LogP contribution >= 0.6 is 0 Å². The lowest BCUT2D eigenvalue weighted by molar-refractivity contribution is -0.0150. The van der Waals surface area contributed by atoms with Gasteiger partial charge in [0.1, 0.15) is 0 Å². The highest BCUT2D eigenvalue weighted by Crippen LogP contribution is 2.18. The first kappa shape index (κ1) is 14.4. The molecular weight excluding hydrogens is 218 g/mol. The number of ether oxygens (including phenoxy) is 1. The van der Waals surface area contributed by atoms with E-state index in [-0.39, 0.29) is 18.5 Å². The first-order valence-electron chi connectivity index (χ1n) is 6.46. The number of hydrogen-bond donors (Lipinski definition) is 3. The zero-order chi connectivity index (χ0) is 12.7. The van der Waals surface area contributed by atoms with Gasteiger partial charge in [-0.05, 0) is 19.3 Å². The van der Waals surface area contributed by atoms with E-state index in [1.165, 1.54) is 0 Å². The number of piperidine rings is 1. The van der Waals surface area contributed by atoms with Gasteiger partial charge < -0.3 is 15.6 Å². The second-order valence-corrected chi connectivity index (χ2v) is 4.62. The Morgan fingerprint density at radius 3 is 2.65 bits per heavy atom. The lowest BCUT2D eigenvalue weighted by atomic mass is 10.0. The summed E-state index contributed by atoms with van der Waals surface area (Å²) >= 11 is 0. The molecule has 1 unspecified atom stereocenters. The summed E-state index contributed by atoms with van der Waals surface area (Å²) in [5.41, 5.74) is 5.47. The molecule has 0 aliphatic carbocycles. The molecule has 0 radical (unpaired) electrons. The predicted molar refractivity (Wildman–Crippen MR) is 68.2 cm³/mol. The Hall–Kier alpha value is -0.650. The number of likely N-dealkylation sites (tertiary alicyclic amines) is 1. The van der Waals surface area contributed by atoms with Crippen LogP contribution in [0.2, 0.25) is 0 Å². The Labute approximate surface area is 103 Å². The van der Waals surface area contributed by atoms with Gasteiger partial charge in [-0.2, -0.15) is 0 Å². The van der Waals surface area contributed by atoms with Crippen LogP contribution in [0.15, 0.2) is 0 Å². The standard InChI is InChI=1S/C12H25N3O2/c1-2-10(9-12(13)14)15-5-3-11(4-6-15)17-8-7-16/h10-11,16H,2-9H2,1H3,(H3,13,14). The van der Waals surface area contributed by atoms with Crippen LogP contribution in [0.4, 0.5) is 0 Å². The predicted octanol–water partition coefficient (Wildman–Crippen LogP) is 0.564. The van der Waals surface area contributed by atoms with E-state index in [1.807, 2.05) is 0 Å². The third kappa shape index (κ3) is 5.02. The fourth-order valence-corrected chi connectivity index (χ4v) is 2.41. The number of amidine groups is 1. The van der Waals surface area contributed by atoms with Gasteiger partial charge in [0.15, 0.2) is 0 Å². The molecule has 5 nitrogen and oxygen atoms in total. The maximum absolute atomic E-state index is 8.70. The van der Waals surface area contributed by atoms with E-state index in [9.17, 15) is 0 Å². The second kappa shape index (κ2) is 7.63. The molecule has 17 heavy (non-hydrogen) atoms. The molecule has 0 bridgehead atoms. The van der Waals surface area contributed by atoms with E-state index in [0.717, 1.165) is 32.4 Å². The number of nitrogens with one attached hydrogen (secondary N) is 1. The fourth-order valence-electron chi connectivity index (χ4n) is 2.41. The van der Waals surface area contributed by atoms with Gasteiger partial charge in [0.2, 0.25) is 0 Å². The van der Waals surface area contributed by atoms with Crippen LogP contribution in [0.25, 0.3) is 0 Å². The zero-order valence-corrected chi connectivity index (χ0v) is 10.7. The molecule has 0 saturated carbocycles. The van der Waals surface area contributed by atoms with Gasteiger partial charge in [0.05, 0.1) is 25.2 Å². The zero-order valence-electron chi connectivity index (χ0n) is 10.7. The quantitative estimate of drug-likeness (QED) is 0.451. The van der Waals surface area contributed by atoms with Crippen molar-refractivity contribution in [3.63, 3.8) is 0 Å². The molecule has 4 N–H and O–H groups in total. The summed E-state index contributed by atoms with van der Waals surface area (Å²) in [6.45, 7) is 4.68. The molecule has 1 atom stereocenters. The molecule has 1 heterocycles. The molecule has 0 spiro atoms. The topological polar surface area (TPSA) is 82.6 Å². The molecule has 5 heteroatoms. The van der Waals surface area contributed by atoms with Gasteiger partial charge in [0.25, 0.3) is 0 Å². The molecule has 0 aromatic heterocycles. The minimum atomic E-state index is 0.0993. The largest absolute Gasteiger partial charge is 0.394 e. The van der Waals surface area contributed by atoms with Crippen molar-refractivity contribution in [2.75, 3.05) is 26.3 Å². The van der Waals surface area contributed by atoms with Gasteiger partial charge in [0, 0.05) is 25.6 Å². The third-order valence-corrected chi connectivity index (χ3v) is 3.36. The summed E-state index contributed by atoms with van der Waals surface area (Å²) in [7, 11) is 0. The van der Waals surface area contributed by atoms with E-state index < -0.39 is 0 Å². The highest BCUT2D eigenvalue weighted by Gasteiger charge is 2.24. The van der Waals surface area contributed by atoms with Gasteiger partial charge in [-0.1, -0.05) is 6.92 Å². The normalized spacial score (nSPS) is 20.4. The number of nitrogens with zero attached hydrogens (tertiary/aromatic N) is 1. The van der Waals surface area contributed by atoms with Crippen LogP contribution < -0.4 is 5.73 Å². The van der Waals surface area contributed by atoms with Crippen molar-refractivity contribution in [2.45, 2.75) is 44.8 Å². The Morgan fingerprint density at radius 1 is 1.53 bits per heavy atom. The molecule has 0 aromatic rings. The van der Waals surface area contributed by atoms with E-state index >= 15 is 0 Å². The Morgan fingerprint density at radius 2 is 2.18 bits per heavy atom. The van der Waals surface area contributed by atoms with Crippen LogP contribution in [0.5, 0.6) is 0 Å². The van der Waals surface area contributed by atoms with Gasteiger partial charge in [-0.15, -0.1) is 0 Å². The second-order valence-electron chi connectivity index (χ2n) is 4.62. The molecule has 1 fully saturated rings. The molecule has 1 aliphatic heterocycles. The first-order valence-corrected chi connectivity index (χ1v) is 6.46. The molecular formula is C12H25N3O2. The molecule has 1 aliphatic rings. The minimum absolute atomic E-state index is 0.0993. The van der Waals surface area contributed by atoms with Crippen molar-refractivity contribution in [3.05, 3.63) is 0 Å². The van der Waals surface area contributed by atoms with Crippen molar-refractivity contribution in [2.24, 2.45) is 5.73 Å². The Kier molecular flexibility index (Phi) is 6.47. The smallest absolute Gasteiger partial charge is 0.0921 e. The van der Waals surface area contributed by atoms with Crippen LogP contribution in [-0.2, 0) is 4.74 Å². The van der Waals surface area contributed by atoms with Crippen molar-refractivity contribution in [1.82, 2.24) is 4.90 Å². The number of nitrogens with two attached hydrogens (primary N) is 1. The number of aliphatic hydroxyl groups is 1. The van der Waals surface area contributed by atoms with Gasteiger partial charge >= 0.3 is 0 Å². The lowest BCUT2D eigenvalue weighted by Crippen LogP contribution is -2.44. The Balaban J connectivity index is 2.31. The maximum atomic E-state index is 8.70. The average molecular weight is 243 g/mol. The third-order valence-electron chi connectivity index (χ3n) is 3.36. The first-order chi connectivity index (χ1) is 8.17. The number of aliphatic hydroxyl groups excluding tert-OH is 1. The highest BCUT2D eigenvalue weighted by molar-refractivity contribution is 5.77. The molecule has 1 rings (SSSR count). The summed E-state index contributed by atoms with van der Waals surface area (Å²) in [6, 6.07) is 0.395. The van der Waals surface area contributed by atoms with E-state index in [4.69, 9.17) is 21.0 Å².